The van der Waals surface area contributed by atoms with E-state index in [9.17, 15) is 4.79 Å². The molecule has 4 heteroatoms. The van der Waals surface area contributed by atoms with Crippen LogP contribution in [0, 0.1) is 0 Å². The molecule has 1 aliphatic rings. The number of nitrogens with one attached hydrogen (secondary N) is 2. The standard InChI is InChI=1S/C14H20N2O2/c1-11(17)16-13-6-4-12(5-7-13)9-15-10-14-3-2-8-18-14/h4-7,14-15H,2-3,8-10H2,1H3,(H,16,17). The molecular formula is C14H20N2O2. The Bertz CT molecular complexity index is 383. The first-order valence-corrected chi connectivity index (χ1v) is 6.43. The fourth-order valence-electron chi connectivity index (χ4n) is 2.09. The van der Waals surface area contributed by atoms with Gasteiger partial charge in [0.2, 0.25) is 5.91 Å². The van der Waals surface area contributed by atoms with Gasteiger partial charge < -0.3 is 15.4 Å². The number of carbonyl (C=O) groups is 1. The molecule has 0 bridgehead atoms. The molecule has 1 saturated heterocycles. The molecule has 0 spiro atoms. The van der Waals surface area contributed by atoms with Gasteiger partial charge in [-0.2, -0.15) is 0 Å². The number of hydrogen-bond donors (Lipinski definition) is 2. The molecule has 0 aromatic heterocycles. The maximum Gasteiger partial charge on any atom is 0.221 e. The molecule has 1 aromatic rings. The molecule has 1 atom stereocenters. The summed E-state index contributed by atoms with van der Waals surface area (Å²) in [7, 11) is 0. The Hall–Kier alpha value is -1.39. The highest BCUT2D eigenvalue weighted by Gasteiger charge is 2.14. The van der Waals surface area contributed by atoms with E-state index in [1.807, 2.05) is 24.3 Å². The lowest BCUT2D eigenvalue weighted by Gasteiger charge is -2.11. The maximum absolute atomic E-state index is 10.9. The third-order valence-electron chi connectivity index (χ3n) is 3.00. The normalized spacial score (nSPS) is 18.8. The summed E-state index contributed by atoms with van der Waals surface area (Å²) in [6, 6.07) is 7.89. The molecule has 2 rings (SSSR count). The molecular weight excluding hydrogens is 228 g/mol. The lowest BCUT2D eigenvalue weighted by atomic mass is 10.2. The number of ether oxygens (including phenoxy) is 1. The Balaban J connectivity index is 1.73. The van der Waals surface area contributed by atoms with Gasteiger partial charge in [-0.25, -0.2) is 0 Å². The van der Waals surface area contributed by atoms with Crippen LogP contribution in [0.2, 0.25) is 0 Å². The fraction of sp³-hybridized carbons (Fsp3) is 0.500. The van der Waals surface area contributed by atoms with Crippen LogP contribution in [0.1, 0.15) is 25.3 Å². The SMILES string of the molecule is CC(=O)Nc1ccc(CNCC2CCCO2)cc1. The highest BCUT2D eigenvalue weighted by Crippen LogP contribution is 2.12. The van der Waals surface area contributed by atoms with Crippen molar-refractivity contribution < 1.29 is 9.53 Å². The Morgan fingerprint density at radius 3 is 2.78 bits per heavy atom. The number of carbonyl (C=O) groups excluding carboxylic acids is 1. The summed E-state index contributed by atoms with van der Waals surface area (Å²) in [5, 5.41) is 6.15. The minimum Gasteiger partial charge on any atom is -0.377 e. The topological polar surface area (TPSA) is 50.4 Å². The van der Waals surface area contributed by atoms with Gasteiger partial charge in [0.05, 0.1) is 6.10 Å². The molecule has 1 aliphatic heterocycles. The van der Waals surface area contributed by atoms with E-state index in [0.717, 1.165) is 31.8 Å². The van der Waals surface area contributed by atoms with Gasteiger partial charge in [0.15, 0.2) is 0 Å². The van der Waals surface area contributed by atoms with Crippen LogP contribution in [-0.2, 0) is 16.1 Å². The van der Waals surface area contributed by atoms with Crippen LogP contribution < -0.4 is 10.6 Å². The lowest BCUT2D eigenvalue weighted by molar-refractivity contribution is -0.114. The molecule has 0 saturated carbocycles. The van der Waals surface area contributed by atoms with Crippen molar-refractivity contribution in [3.05, 3.63) is 29.8 Å². The summed E-state index contributed by atoms with van der Waals surface area (Å²) < 4.78 is 5.54. The van der Waals surface area contributed by atoms with Crippen LogP contribution in [0.3, 0.4) is 0 Å². The van der Waals surface area contributed by atoms with Crippen LogP contribution >= 0.6 is 0 Å². The van der Waals surface area contributed by atoms with Crippen LogP contribution in [0.25, 0.3) is 0 Å². The molecule has 2 N–H and O–H groups in total. The van der Waals surface area contributed by atoms with Gasteiger partial charge in [0.25, 0.3) is 0 Å². The van der Waals surface area contributed by atoms with Crippen molar-refractivity contribution in [1.29, 1.82) is 0 Å². The summed E-state index contributed by atoms with van der Waals surface area (Å²) >= 11 is 0. The van der Waals surface area contributed by atoms with E-state index in [1.165, 1.54) is 18.9 Å². The van der Waals surface area contributed by atoms with Crippen molar-refractivity contribution in [2.75, 3.05) is 18.5 Å². The van der Waals surface area contributed by atoms with Crippen LogP contribution in [0.5, 0.6) is 0 Å². The van der Waals surface area contributed by atoms with Crippen molar-refractivity contribution >= 4 is 11.6 Å². The van der Waals surface area contributed by atoms with Gasteiger partial charge in [-0.05, 0) is 30.5 Å². The Kier molecular flexibility index (Phi) is 4.73. The third kappa shape index (κ3) is 4.13. The summed E-state index contributed by atoms with van der Waals surface area (Å²) in [6.07, 6.45) is 2.72. The zero-order valence-corrected chi connectivity index (χ0v) is 10.7. The van der Waals surface area contributed by atoms with Gasteiger partial charge in [-0.3, -0.25) is 4.79 Å². The summed E-state index contributed by atoms with van der Waals surface area (Å²) in [5.41, 5.74) is 2.05. The zero-order chi connectivity index (χ0) is 12.8. The third-order valence-corrected chi connectivity index (χ3v) is 3.00. The Labute approximate surface area is 108 Å². The molecule has 1 aromatic carbocycles. The minimum absolute atomic E-state index is 0.0424. The number of anilines is 1. The zero-order valence-electron chi connectivity index (χ0n) is 10.7. The number of benzene rings is 1. The smallest absolute Gasteiger partial charge is 0.221 e. The van der Waals surface area contributed by atoms with Crippen molar-refractivity contribution in [1.82, 2.24) is 5.32 Å². The predicted octanol–water partition coefficient (Wildman–Crippen LogP) is 1.91. The number of rotatable bonds is 5. The highest BCUT2D eigenvalue weighted by atomic mass is 16.5. The molecule has 1 amide bonds. The largest absolute Gasteiger partial charge is 0.377 e. The summed E-state index contributed by atoms with van der Waals surface area (Å²) in [5.74, 6) is -0.0424. The second-order valence-electron chi connectivity index (χ2n) is 4.64. The number of amides is 1. The second kappa shape index (κ2) is 6.52. The van der Waals surface area contributed by atoms with E-state index >= 15 is 0 Å². The monoisotopic (exact) mass is 248 g/mol. The molecule has 4 nitrogen and oxygen atoms in total. The average Bonchev–Trinajstić information content (AvgIpc) is 2.84. The minimum atomic E-state index is -0.0424. The van der Waals surface area contributed by atoms with E-state index in [4.69, 9.17) is 4.74 Å². The van der Waals surface area contributed by atoms with E-state index in [-0.39, 0.29) is 5.91 Å². The Morgan fingerprint density at radius 1 is 1.39 bits per heavy atom. The fourth-order valence-corrected chi connectivity index (χ4v) is 2.09. The van der Waals surface area contributed by atoms with Crippen LogP contribution in [-0.4, -0.2) is 25.2 Å². The average molecular weight is 248 g/mol. The predicted molar refractivity (Wildman–Crippen MR) is 71.4 cm³/mol. The molecule has 18 heavy (non-hydrogen) atoms. The van der Waals surface area contributed by atoms with Crippen LogP contribution in [0.15, 0.2) is 24.3 Å². The molecule has 1 heterocycles. The molecule has 98 valence electrons. The number of hydrogen-bond acceptors (Lipinski definition) is 3. The molecule has 1 unspecified atom stereocenters. The van der Waals surface area contributed by atoms with Gasteiger partial charge in [0.1, 0.15) is 0 Å². The van der Waals surface area contributed by atoms with Crippen molar-refractivity contribution in [3.63, 3.8) is 0 Å². The van der Waals surface area contributed by atoms with E-state index in [0.29, 0.717) is 6.10 Å². The quantitative estimate of drug-likeness (QED) is 0.837. The second-order valence-corrected chi connectivity index (χ2v) is 4.64. The van der Waals surface area contributed by atoms with E-state index in [2.05, 4.69) is 10.6 Å². The summed E-state index contributed by atoms with van der Waals surface area (Å²) in [6.45, 7) is 4.16. The van der Waals surface area contributed by atoms with Gasteiger partial charge in [0, 0.05) is 32.3 Å². The molecule has 0 aliphatic carbocycles. The molecule has 0 radical (unpaired) electrons. The molecule has 1 fully saturated rings. The van der Waals surface area contributed by atoms with Crippen molar-refractivity contribution in [2.24, 2.45) is 0 Å². The van der Waals surface area contributed by atoms with Crippen LogP contribution in [0.4, 0.5) is 5.69 Å². The first kappa shape index (κ1) is 13.1. The maximum atomic E-state index is 10.9. The van der Waals surface area contributed by atoms with Gasteiger partial charge in [-0.15, -0.1) is 0 Å². The Morgan fingerprint density at radius 2 is 2.17 bits per heavy atom. The highest BCUT2D eigenvalue weighted by molar-refractivity contribution is 5.88. The van der Waals surface area contributed by atoms with Crippen molar-refractivity contribution in [3.8, 4) is 0 Å². The first-order chi connectivity index (χ1) is 8.74. The lowest BCUT2D eigenvalue weighted by Crippen LogP contribution is -2.25. The first-order valence-electron chi connectivity index (χ1n) is 6.43. The van der Waals surface area contributed by atoms with E-state index in [1.54, 1.807) is 0 Å². The van der Waals surface area contributed by atoms with E-state index < -0.39 is 0 Å². The van der Waals surface area contributed by atoms with Crippen molar-refractivity contribution in [2.45, 2.75) is 32.4 Å². The van der Waals surface area contributed by atoms with Gasteiger partial charge >= 0.3 is 0 Å². The van der Waals surface area contributed by atoms with Gasteiger partial charge in [-0.1, -0.05) is 12.1 Å². The summed E-state index contributed by atoms with van der Waals surface area (Å²) in [4.78, 5) is 10.9.